The molecule has 1 aromatic rings. The predicted molar refractivity (Wildman–Crippen MR) is 92.8 cm³/mol. The summed E-state index contributed by atoms with van der Waals surface area (Å²) >= 11 is 0. The van der Waals surface area contributed by atoms with Gasteiger partial charge in [0.1, 0.15) is 17.3 Å². The van der Waals surface area contributed by atoms with E-state index in [2.05, 4.69) is 20.6 Å². The Hall–Kier alpha value is -1.69. The molecule has 6 nitrogen and oxygen atoms in total. The van der Waals surface area contributed by atoms with Crippen molar-refractivity contribution >= 4 is 11.7 Å². The standard InChI is InChI=1S/C17H29N5O/c1-13-19-15(17(23)18-10-11-22(2)3)12-16(20-13)21-14-8-6-4-5-7-9-14/h12,14H,4-11H2,1-3H3,(H,18,23)(H,19,20,21). The maximum atomic E-state index is 12.2. The van der Waals surface area contributed by atoms with Crippen LogP contribution >= 0.6 is 0 Å². The molecule has 128 valence electrons. The lowest BCUT2D eigenvalue weighted by Crippen LogP contribution is -2.32. The van der Waals surface area contributed by atoms with Crippen LogP contribution in [-0.4, -0.2) is 54.0 Å². The van der Waals surface area contributed by atoms with Crippen LogP contribution < -0.4 is 10.6 Å². The highest BCUT2D eigenvalue weighted by Crippen LogP contribution is 2.20. The predicted octanol–water partition coefficient (Wildman–Crippen LogP) is 2.21. The highest BCUT2D eigenvalue weighted by molar-refractivity contribution is 5.92. The number of hydrogen-bond acceptors (Lipinski definition) is 5. The van der Waals surface area contributed by atoms with Crippen molar-refractivity contribution in [3.8, 4) is 0 Å². The molecule has 1 aliphatic carbocycles. The molecule has 1 heterocycles. The largest absolute Gasteiger partial charge is 0.367 e. The summed E-state index contributed by atoms with van der Waals surface area (Å²) in [6, 6.07) is 2.22. The molecule has 23 heavy (non-hydrogen) atoms. The minimum Gasteiger partial charge on any atom is -0.367 e. The summed E-state index contributed by atoms with van der Waals surface area (Å²) in [5.41, 5.74) is 0.437. The smallest absolute Gasteiger partial charge is 0.270 e. The topological polar surface area (TPSA) is 70.2 Å². The third-order valence-corrected chi connectivity index (χ3v) is 4.12. The van der Waals surface area contributed by atoms with Gasteiger partial charge in [0.05, 0.1) is 0 Å². The number of nitrogens with one attached hydrogen (secondary N) is 2. The molecule has 0 atom stereocenters. The van der Waals surface area contributed by atoms with Crippen molar-refractivity contribution in [3.63, 3.8) is 0 Å². The number of aryl methyl sites for hydroxylation is 1. The summed E-state index contributed by atoms with van der Waals surface area (Å²) in [6.07, 6.45) is 7.51. The van der Waals surface area contributed by atoms with Crippen LogP contribution in [0, 0.1) is 6.92 Å². The zero-order valence-corrected chi connectivity index (χ0v) is 14.6. The zero-order chi connectivity index (χ0) is 16.7. The molecule has 2 rings (SSSR count). The van der Waals surface area contributed by atoms with Crippen molar-refractivity contribution in [3.05, 3.63) is 17.6 Å². The lowest BCUT2D eigenvalue weighted by molar-refractivity contribution is 0.0945. The molecule has 0 radical (unpaired) electrons. The van der Waals surface area contributed by atoms with Gasteiger partial charge in [-0.25, -0.2) is 9.97 Å². The second-order valence-corrected chi connectivity index (χ2v) is 6.58. The number of nitrogens with zero attached hydrogens (tertiary/aromatic N) is 3. The third-order valence-electron chi connectivity index (χ3n) is 4.12. The van der Waals surface area contributed by atoms with E-state index in [4.69, 9.17) is 0 Å². The first-order valence-electron chi connectivity index (χ1n) is 8.60. The normalized spacial score (nSPS) is 16.2. The van der Waals surface area contributed by atoms with Gasteiger partial charge in [0.2, 0.25) is 0 Å². The van der Waals surface area contributed by atoms with E-state index in [0.717, 1.165) is 12.4 Å². The van der Waals surface area contributed by atoms with Crippen LogP contribution in [0.5, 0.6) is 0 Å². The molecule has 0 spiro atoms. The first-order chi connectivity index (χ1) is 11.0. The summed E-state index contributed by atoms with van der Waals surface area (Å²) < 4.78 is 0. The van der Waals surface area contributed by atoms with Crippen LogP contribution in [0.25, 0.3) is 0 Å². The Labute approximate surface area is 139 Å². The number of aromatic nitrogens is 2. The molecule has 0 saturated heterocycles. The summed E-state index contributed by atoms with van der Waals surface area (Å²) in [5.74, 6) is 1.25. The van der Waals surface area contributed by atoms with Gasteiger partial charge >= 0.3 is 0 Å². The average Bonchev–Trinajstić information content (AvgIpc) is 2.74. The van der Waals surface area contributed by atoms with Crippen molar-refractivity contribution in [2.45, 2.75) is 51.5 Å². The molecular weight excluding hydrogens is 290 g/mol. The first kappa shape index (κ1) is 17.7. The fraction of sp³-hybridized carbons (Fsp3) is 0.706. The molecule has 1 fully saturated rings. The second kappa shape index (κ2) is 8.82. The monoisotopic (exact) mass is 319 g/mol. The molecule has 0 aromatic carbocycles. The summed E-state index contributed by atoms with van der Waals surface area (Å²) in [6.45, 7) is 3.25. The molecule has 0 bridgehead atoms. The lowest BCUT2D eigenvalue weighted by atomic mass is 10.1. The minimum atomic E-state index is -0.138. The van der Waals surface area contributed by atoms with Crippen molar-refractivity contribution in [1.29, 1.82) is 0 Å². The van der Waals surface area contributed by atoms with Gasteiger partial charge in [-0.2, -0.15) is 0 Å². The van der Waals surface area contributed by atoms with Gasteiger partial charge in [0.15, 0.2) is 0 Å². The van der Waals surface area contributed by atoms with Crippen molar-refractivity contribution < 1.29 is 4.79 Å². The molecule has 1 amide bonds. The summed E-state index contributed by atoms with van der Waals surface area (Å²) in [7, 11) is 3.96. The number of likely N-dealkylation sites (N-methyl/N-ethyl adjacent to an activating group) is 1. The Morgan fingerprint density at radius 3 is 2.57 bits per heavy atom. The highest BCUT2D eigenvalue weighted by atomic mass is 16.1. The van der Waals surface area contributed by atoms with Crippen molar-refractivity contribution in [2.24, 2.45) is 0 Å². The zero-order valence-electron chi connectivity index (χ0n) is 14.6. The van der Waals surface area contributed by atoms with Crippen LogP contribution in [0.1, 0.15) is 54.8 Å². The molecule has 6 heteroatoms. The first-order valence-corrected chi connectivity index (χ1v) is 8.60. The Balaban J connectivity index is 1.98. The maximum absolute atomic E-state index is 12.2. The van der Waals surface area contributed by atoms with E-state index in [1.165, 1.54) is 38.5 Å². The molecular formula is C17H29N5O. The fourth-order valence-electron chi connectivity index (χ4n) is 2.87. The Morgan fingerprint density at radius 1 is 1.22 bits per heavy atom. The number of rotatable bonds is 6. The van der Waals surface area contributed by atoms with Crippen LogP contribution in [0.3, 0.4) is 0 Å². The highest BCUT2D eigenvalue weighted by Gasteiger charge is 2.15. The van der Waals surface area contributed by atoms with E-state index in [1.807, 2.05) is 25.9 Å². The van der Waals surface area contributed by atoms with Gasteiger partial charge in [0.25, 0.3) is 5.91 Å². The number of hydrogen-bond donors (Lipinski definition) is 2. The van der Waals surface area contributed by atoms with E-state index in [9.17, 15) is 4.79 Å². The fourth-order valence-corrected chi connectivity index (χ4v) is 2.87. The summed E-state index contributed by atoms with van der Waals surface area (Å²) in [4.78, 5) is 23.0. The summed E-state index contributed by atoms with van der Waals surface area (Å²) in [5, 5.41) is 6.39. The van der Waals surface area contributed by atoms with Crippen LogP contribution in [0.15, 0.2) is 6.07 Å². The molecule has 1 aliphatic rings. The molecule has 2 N–H and O–H groups in total. The SMILES string of the molecule is Cc1nc(NC2CCCCCC2)cc(C(=O)NCCN(C)C)n1. The second-order valence-electron chi connectivity index (χ2n) is 6.58. The van der Waals surface area contributed by atoms with Gasteiger partial charge in [-0.15, -0.1) is 0 Å². The van der Waals surface area contributed by atoms with E-state index < -0.39 is 0 Å². The molecule has 1 saturated carbocycles. The van der Waals surface area contributed by atoms with Gasteiger partial charge < -0.3 is 15.5 Å². The van der Waals surface area contributed by atoms with Gasteiger partial charge in [-0.05, 0) is 33.9 Å². The lowest BCUT2D eigenvalue weighted by Gasteiger charge is -2.17. The van der Waals surface area contributed by atoms with Crippen molar-refractivity contribution in [2.75, 3.05) is 32.5 Å². The van der Waals surface area contributed by atoms with Gasteiger partial charge in [0, 0.05) is 25.2 Å². The van der Waals surface area contributed by atoms with E-state index in [1.54, 1.807) is 6.07 Å². The van der Waals surface area contributed by atoms with Crippen LogP contribution in [0.4, 0.5) is 5.82 Å². The number of anilines is 1. The Kier molecular flexibility index (Phi) is 6.77. The molecule has 1 aromatic heterocycles. The van der Waals surface area contributed by atoms with E-state index in [-0.39, 0.29) is 5.91 Å². The number of carbonyl (C=O) groups excluding carboxylic acids is 1. The average molecular weight is 319 g/mol. The van der Waals surface area contributed by atoms with E-state index in [0.29, 0.717) is 24.1 Å². The number of amides is 1. The Morgan fingerprint density at radius 2 is 1.91 bits per heavy atom. The number of carbonyl (C=O) groups is 1. The van der Waals surface area contributed by atoms with Crippen LogP contribution in [-0.2, 0) is 0 Å². The van der Waals surface area contributed by atoms with Crippen molar-refractivity contribution in [1.82, 2.24) is 20.2 Å². The quantitative estimate of drug-likeness (QED) is 0.787. The van der Waals surface area contributed by atoms with Crippen LogP contribution in [0.2, 0.25) is 0 Å². The molecule has 0 unspecified atom stereocenters. The molecule has 0 aliphatic heterocycles. The Bertz CT molecular complexity index is 510. The minimum absolute atomic E-state index is 0.138. The third kappa shape index (κ3) is 6.14. The van der Waals surface area contributed by atoms with Gasteiger partial charge in [-0.3, -0.25) is 4.79 Å². The van der Waals surface area contributed by atoms with Gasteiger partial charge in [-0.1, -0.05) is 25.7 Å². The maximum Gasteiger partial charge on any atom is 0.270 e. The van der Waals surface area contributed by atoms with E-state index >= 15 is 0 Å².